The van der Waals surface area contributed by atoms with Gasteiger partial charge in [-0.15, -0.1) is 5.10 Å². The maximum Gasteiger partial charge on any atom is 0.265 e. The van der Waals surface area contributed by atoms with Crippen molar-refractivity contribution in [3.63, 3.8) is 0 Å². The predicted octanol–water partition coefficient (Wildman–Crippen LogP) is 2.27. The summed E-state index contributed by atoms with van der Waals surface area (Å²) >= 11 is 1.03. The second-order valence-corrected chi connectivity index (χ2v) is 7.71. The van der Waals surface area contributed by atoms with Crippen LogP contribution in [0.3, 0.4) is 0 Å². The van der Waals surface area contributed by atoms with Gasteiger partial charge >= 0.3 is 0 Å². The Morgan fingerprint density at radius 1 is 1.33 bits per heavy atom. The van der Waals surface area contributed by atoms with Gasteiger partial charge in [-0.1, -0.05) is 16.6 Å². The minimum atomic E-state index is -3.74. The summed E-state index contributed by atoms with van der Waals surface area (Å²) in [5.74, 6) is -0.260. The van der Waals surface area contributed by atoms with E-state index >= 15 is 0 Å². The number of nitrogens with zero attached hydrogens (tertiary/aromatic N) is 2. The van der Waals surface area contributed by atoms with Crippen molar-refractivity contribution >= 4 is 37.2 Å². The van der Waals surface area contributed by atoms with Gasteiger partial charge in [0.25, 0.3) is 15.0 Å². The maximum absolute atomic E-state index is 12.0. The number of halogens is 1. The van der Waals surface area contributed by atoms with Gasteiger partial charge in [-0.05, 0) is 43.1 Å². The van der Waals surface area contributed by atoms with Gasteiger partial charge in [0.05, 0.1) is 16.6 Å². The van der Waals surface area contributed by atoms with Crippen molar-refractivity contribution in [1.29, 1.82) is 0 Å². The molecular weight excluding hydrogens is 334 g/mol. The van der Waals surface area contributed by atoms with E-state index in [9.17, 15) is 13.2 Å². The number of hydrogen-bond donors (Lipinski definition) is 1. The van der Waals surface area contributed by atoms with Crippen LogP contribution in [0.1, 0.15) is 33.9 Å². The fourth-order valence-corrected chi connectivity index (χ4v) is 3.03. The predicted molar refractivity (Wildman–Crippen MR) is 80.0 cm³/mol. The van der Waals surface area contributed by atoms with E-state index in [1.165, 1.54) is 12.1 Å². The molecular formula is C12H12ClN3O3S2. The standard InChI is InChI=1S/C12H12ClN3O3S2/c1-7(14-12(17)11-8(2)15-16-20-11)9-3-5-10(6-4-9)21(13,18)19/h3-7H,1-2H3,(H,14,17). The smallest absolute Gasteiger partial charge is 0.265 e. The Morgan fingerprint density at radius 2 is 1.95 bits per heavy atom. The van der Waals surface area contributed by atoms with Gasteiger partial charge in [0.2, 0.25) is 0 Å². The Balaban J connectivity index is 2.12. The third kappa shape index (κ3) is 3.78. The van der Waals surface area contributed by atoms with Crippen LogP contribution in [0.5, 0.6) is 0 Å². The number of nitrogens with one attached hydrogen (secondary N) is 1. The molecule has 0 aliphatic rings. The molecule has 2 rings (SSSR count). The van der Waals surface area contributed by atoms with Crippen molar-refractivity contribution in [1.82, 2.24) is 14.9 Å². The first-order valence-electron chi connectivity index (χ1n) is 5.93. The van der Waals surface area contributed by atoms with Crippen LogP contribution in [-0.4, -0.2) is 23.9 Å². The zero-order chi connectivity index (χ0) is 15.6. The van der Waals surface area contributed by atoms with Crippen LogP contribution in [0, 0.1) is 6.92 Å². The Labute approximate surface area is 130 Å². The van der Waals surface area contributed by atoms with Gasteiger partial charge in [0, 0.05) is 10.7 Å². The summed E-state index contributed by atoms with van der Waals surface area (Å²) in [5, 5.41) is 6.59. The quantitative estimate of drug-likeness (QED) is 0.858. The second-order valence-electron chi connectivity index (χ2n) is 4.39. The van der Waals surface area contributed by atoms with Crippen LogP contribution in [0.15, 0.2) is 29.2 Å². The maximum atomic E-state index is 12.0. The van der Waals surface area contributed by atoms with Crippen LogP contribution >= 0.6 is 22.2 Å². The number of hydrogen-bond acceptors (Lipinski definition) is 6. The molecule has 0 bridgehead atoms. The summed E-state index contributed by atoms with van der Waals surface area (Å²) in [7, 11) is 1.51. The summed E-state index contributed by atoms with van der Waals surface area (Å²) in [6.45, 7) is 3.51. The average molecular weight is 346 g/mol. The van der Waals surface area contributed by atoms with E-state index < -0.39 is 9.05 Å². The molecule has 0 fully saturated rings. The molecule has 1 aromatic heterocycles. The van der Waals surface area contributed by atoms with Gasteiger partial charge in [0.15, 0.2) is 0 Å². The van der Waals surface area contributed by atoms with Crippen molar-refractivity contribution in [3.8, 4) is 0 Å². The van der Waals surface area contributed by atoms with Crippen LogP contribution in [-0.2, 0) is 9.05 Å². The molecule has 0 aliphatic heterocycles. The van der Waals surface area contributed by atoms with Crippen molar-refractivity contribution in [2.45, 2.75) is 24.8 Å². The molecule has 6 nitrogen and oxygen atoms in total. The molecule has 0 saturated heterocycles. The molecule has 0 aliphatic carbocycles. The van der Waals surface area contributed by atoms with E-state index in [-0.39, 0.29) is 16.8 Å². The summed E-state index contributed by atoms with van der Waals surface area (Å²) < 4.78 is 26.0. The fraction of sp³-hybridized carbons (Fsp3) is 0.250. The van der Waals surface area contributed by atoms with Crippen molar-refractivity contribution in [2.75, 3.05) is 0 Å². The first-order valence-corrected chi connectivity index (χ1v) is 9.01. The van der Waals surface area contributed by atoms with Crippen LogP contribution in [0.25, 0.3) is 0 Å². The molecule has 1 N–H and O–H groups in total. The van der Waals surface area contributed by atoms with Gasteiger partial charge < -0.3 is 5.32 Å². The van der Waals surface area contributed by atoms with Crippen molar-refractivity contribution < 1.29 is 13.2 Å². The minimum absolute atomic E-state index is 0.0222. The van der Waals surface area contributed by atoms with E-state index in [4.69, 9.17) is 10.7 Å². The summed E-state index contributed by atoms with van der Waals surface area (Å²) in [6, 6.07) is 5.74. The molecule has 1 aromatic carbocycles. The number of aromatic nitrogens is 2. The van der Waals surface area contributed by atoms with Gasteiger partial charge in [-0.2, -0.15) is 0 Å². The Bertz CT molecular complexity index is 756. The fourth-order valence-electron chi connectivity index (χ4n) is 1.70. The zero-order valence-electron chi connectivity index (χ0n) is 11.2. The lowest BCUT2D eigenvalue weighted by atomic mass is 10.1. The Morgan fingerprint density at radius 3 is 2.43 bits per heavy atom. The Kier molecular flexibility index (Phi) is 4.60. The van der Waals surface area contributed by atoms with Crippen molar-refractivity contribution in [2.24, 2.45) is 0 Å². The topological polar surface area (TPSA) is 89.0 Å². The third-order valence-corrected chi connectivity index (χ3v) is 5.06. The summed E-state index contributed by atoms with van der Waals surface area (Å²) in [5.41, 5.74) is 1.34. The molecule has 0 spiro atoms. The normalized spacial score (nSPS) is 12.9. The number of rotatable bonds is 4. The molecule has 0 saturated carbocycles. The monoisotopic (exact) mass is 345 g/mol. The summed E-state index contributed by atoms with van der Waals surface area (Å²) in [6.07, 6.45) is 0. The number of carbonyl (C=O) groups excluding carboxylic acids is 1. The minimum Gasteiger partial charge on any atom is -0.345 e. The number of carbonyl (C=O) groups is 1. The first kappa shape index (κ1) is 15.9. The van der Waals surface area contributed by atoms with Crippen LogP contribution in [0.2, 0.25) is 0 Å². The van der Waals surface area contributed by atoms with Gasteiger partial charge in [-0.3, -0.25) is 4.79 Å². The van der Waals surface area contributed by atoms with Crippen LogP contribution < -0.4 is 5.32 Å². The lowest BCUT2D eigenvalue weighted by Gasteiger charge is -2.14. The van der Waals surface area contributed by atoms with Crippen molar-refractivity contribution in [3.05, 3.63) is 40.4 Å². The highest BCUT2D eigenvalue weighted by Crippen LogP contribution is 2.19. The number of benzene rings is 1. The molecule has 9 heteroatoms. The van der Waals surface area contributed by atoms with E-state index in [1.54, 1.807) is 26.0 Å². The second kappa shape index (κ2) is 6.08. The highest BCUT2D eigenvalue weighted by atomic mass is 35.7. The molecule has 112 valence electrons. The largest absolute Gasteiger partial charge is 0.345 e. The van der Waals surface area contributed by atoms with E-state index in [2.05, 4.69) is 14.9 Å². The molecule has 0 radical (unpaired) electrons. The molecule has 1 amide bonds. The lowest BCUT2D eigenvalue weighted by Crippen LogP contribution is -2.26. The van der Waals surface area contributed by atoms with Gasteiger partial charge in [-0.25, -0.2) is 8.42 Å². The molecule has 1 heterocycles. The molecule has 21 heavy (non-hydrogen) atoms. The highest BCUT2D eigenvalue weighted by Gasteiger charge is 2.17. The number of aryl methyl sites for hydroxylation is 1. The van der Waals surface area contributed by atoms with E-state index in [0.717, 1.165) is 17.1 Å². The highest BCUT2D eigenvalue weighted by molar-refractivity contribution is 8.13. The lowest BCUT2D eigenvalue weighted by molar-refractivity contribution is 0.0943. The average Bonchev–Trinajstić information content (AvgIpc) is 2.84. The Hall–Kier alpha value is -1.51. The van der Waals surface area contributed by atoms with Crippen LogP contribution in [0.4, 0.5) is 0 Å². The number of amides is 1. The zero-order valence-corrected chi connectivity index (χ0v) is 13.6. The molecule has 1 unspecified atom stereocenters. The molecule has 1 atom stereocenters. The van der Waals surface area contributed by atoms with Gasteiger partial charge in [0.1, 0.15) is 4.88 Å². The van der Waals surface area contributed by atoms with E-state index in [0.29, 0.717) is 10.6 Å². The first-order chi connectivity index (χ1) is 9.79. The SMILES string of the molecule is Cc1nnsc1C(=O)NC(C)c1ccc(S(=O)(=O)Cl)cc1. The molecule has 2 aromatic rings. The van der Waals surface area contributed by atoms with E-state index in [1.807, 2.05) is 0 Å². The summed E-state index contributed by atoms with van der Waals surface area (Å²) in [4.78, 5) is 12.5. The third-order valence-electron chi connectivity index (χ3n) is 2.87.